The molecule has 110 valence electrons. The van der Waals surface area contributed by atoms with E-state index in [9.17, 15) is 4.79 Å². The van der Waals surface area contributed by atoms with Crippen LogP contribution in [-0.2, 0) is 0 Å². The van der Waals surface area contributed by atoms with Gasteiger partial charge >= 0.3 is 0 Å². The number of hydrogen-bond acceptors (Lipinski definition) is 2. The van der Waals surface area contributed by atoms with Crippen molar-refractivity contribution in [2.24, 2.45) is 11.8 Å². The minimum atomic E-state index is 0. The van der Waals surface area contributed by atoms with E-state index in [1.54, 1.807) is 18.2 Å². The zero-order valence-electron chi connectivity index (χ0n) is 11.3. The van der Waals surface area contributed by atoms with Crippen LogP contribution in [0.1, 0.15) is 36.0 Å². The van der Waals surface area contributed by atoms with E-state index in [-0.39, 0.29) is 18.3 Å². The smallest absolute Gasteiger partial charge is 0.255 e. The molecule has 2 aliphatic carbocycles. The van der Waals surface area contributed by atoms with E-state index < -0.39 is 0 Å². The summed E-state index contributed by atoms with van der Waals surface area (Å²) in [6.07, 6.45) is 5.02. The first-order valence-corrected chi connectivity index (χ1v) is 7.35. The van der Waals surface area contributed by atoms with Crippen LogP contribution in [0.5, 0.6) is 0 Å². The van der Waals surface area contributed by atoms with E-state index in [0.717, 1.165) is 13.1 Å². The molecule has 2 aliphatic rings. The van der Waals surface area contributed by atoms with Crippen molar-refractivity contribution in [2.45, 2.75) is 25.7 Å². The molecule has 3 nitrogen and oxygen atoms in total. The molecule has 1 aromatic rings. The van der Waals surface area contributed by atoms with Crippen LogP contribution in [0.3, 0.4) is 0 Å². The maximum absolute atomic E-state index is 12.6. The summed E-state index contributed by atoms with van der Waals surface area (Å²) >= 11 is 6.15. The minimum absolute atomic E-state index is 0. The minimum Gasteiger partial charge on any atom is -0.399 e. The standard InChI is InChI=1S/C15H19ClN2O.ClH/c16-14-7-12(17)5-6-13(14)15(19)18(8-10-1-2-10)9-11-3-4-11;/h5-7,10-11H,1-4,8-9,17H2;1H. The lowest BCUT2D eigenvalue weighted by Crippen LogP contribution is -2.34. The number of benzene rings is 1. The number of nitrogen functional groups attached to an aromatic ring is 1. The Hall–Kier alpha value is -0.930. The quantitative estimate of drug-likeness (QED) is 0.844. The highest BCUT2D eigenvalue weighted by Gasteiger charge is 2.32. The molecule has 20 heavy (non-hydrogen) atoms. The number of carbonyl (C=O) groups excluding carboxylic acids is 1. The van der Waals surface area contributed by atoms with E-state index in [4.69, 9.17) is 17.3 Å². The molecule has 2 fully saturated rings. The molecule has 0 saturated heterocycles. The zero-order valence-corrected chi connectivity index (χ0v) is 12.9. The predicted molar refractivity (Wildman–Crippen MR) is 84.5 cm³/mol. The highest BCUT2D eigenvalue weighted by Crippen LogP contribution is 2.34. The van der Waals surface area contributed by atoms with Crippen molar-refractivity contribution in [1.82, 2.24) is 4.90 Å². The summed E-state index contributed by atoms with van der Waals surface area (Å²) in [5.41, 5.74) is 6.85. The molecular formula is C15H20Cl2N2O. The average molecular weight is 315 g/mol. The van der Waals surface area contributed by atoms with Crippen molar-refractivity contribution in [3.05, 3.63) is 28.8 Å². The lowest BCUT2D eigenvalue weighted by atomic mass is 10.1. The number of rotatable bonds is 5. The lowest BCUT2D eigenvalue weighted by Gasteiger charge is -2.23. The van der Waals surface area contributed by atoms with Crippen LogP contribution in [0.15, 0.2) is 18.2 Å². The summed E-state index contributed by atoms with van der Waals surface area (Å²) in [5, 5.41) is 0.460. The van der Waals surface area contributed by atoms with Crippen molar-refractivity contribution >= 4 is 35.6 Å². The number of nitrogens with zero attached hydrogens (tertiary/aromatic N) is 1. The van der Waals surface area contributed by atoms with Crippen LogP contribution in [0.2, 0.25) is 5.02 Å². The van der Waals surface area contributed by atoms with Gasteiger partial charge in [-0.2, -0.15) is 0 Å². The highest BCUT2D eigenvalue weighted by atomic mass is 35.5. The Morgan fingerprint density at radius 1 is 1.20 bits per heavy atom. The second kappa shape index (κ2) is 6.23. The van der Waals surface area contributed by atoms with Gasteiger partial charge in [0.1, 0.15) is 0 Å². The van der Waals surface area contributed by atoms with Gasteiger partial charge in [-0.05, 0) is 55.7 Å². The summed E-state index contributed by atoms with van der Waals surface area (Å²) in [4.78, 5) is 14.6. The average Bonchev–Trinajstić information content (AvgIpc) is 3.22. The van der Waals surface area contributed by atoms with Crippen LogP contribution in [-0.4, -0.2) is 23.9 Å². The first-order chi connectivity index (χ1) is 9.13. The SMILES string of the molecule is Cl.Nc1ccc(C(=O)N(CC2CC2)CC2CC2)c(Cl)c1. The summed E-state index contributed by atoms with van der Waals surface area (Å²) < 4.78 is 0. The van der Waals surface area contributed by atoms with Gasteiger partial charge in [-0.3, -0.25) is 4.79 Å². The van der Waals surface area contributed by atoms with E-state index in [2.05, 4.69) is 0 Å². The Labute approximate surface area is 130 Å². The van der Waals surface area contributed by atoms with E-state index in [1.165, 1.54) is 25.7 Å². The highest BCUT2D eigenvalue weighted by molar-refractivity contribution is 6.34. The van der Waals surface area contributed by atoms with Crippen LogP contribution < -0.4 is 5.73 Å². The largest absolute Gasteiger partial charge is 0.399 e. The van der Waals surface area contributed by atoms with Gasteiger partial charge in [-0.25, -0.2) is 0 Å². The Kier molecular flexibility index (Phi) is 4.82. The normalized spacial score (nSPS) is 17.4. The molecule has 5 heteroatoms. The number of hydrogen-bond donors (Lipinski definition) is 1. The summed E-state index contributed by atoms with van der Waals surface area (Å²) in [7, 11) is 0. The van der Waals surface area contributed by atoms with Gasteiger partial charge in [-0.15, -0.1) is 12.4 Å². The van der Waals surface area contributed by atoms with Gasteiger partial charge < -0.3 is 10.6 Å². The van der Waals surface area contributed by atoms with Crippen molar-refractivity contribution in [2.75, 3.05) is 18.8 Å². The maximum atomic E-state index is 12.6. The van der Waals surface area contributed by atoms with Crippen molar-refractivity contribution in [3.8, 4) is 0 Å². The van der Waals surface area contributed by atoms with E-state index in [1.807, 2.05) is 4.90 Å². The summed E-state index contributed by atoms with van der Waals surface area (Å²) in [6, 6.07) is 5.14. The number of amides is 1. The topological polar surface area (TPSA) is 46.3 Å². The van der Waals surface area contributed by atoms with Gasteiger partial charge in [0.05, 0.1) is 10.6 Å². The Morgan fingerprint density at radius 2 is 1.75 bits per heavy atom. The second-order valence-electron chi connectivity index (χ2n) is 5.84. The monoisotopic (exact) mass is 314 g/mol. The van der Waals surface area contributed by atoms with Crippen LogP contribution in [0, 0.1) is 11.8 Å². The zero-order chi connectivity index (χ0) is 13.4. The van der Waals surface area contributed by atoms with Crippen molar-refractivity contribution in [3.63, 3.8) is 0 Å². The van der Waals surface area contributed by atoms with E-state index in [0.29, 0.717) is 28.1 Å². The third-order valence-electron chi connectivity index (χ3n) is 3.86. The van der Waals surface area contributed by atoms with E-state index >= 15 is 0 Å². The molecule has 0 aromatic heterocycles. The number of carbonyl (C=O) groups is 1. The molecule has 0 radical (unpaired) electrons. The summed E-state index contributed by atoms with van der Waals surface area (Å²) in [6.45, 7) is 1.77. The third kappa shape index (κ3) is 3.80. The van der Waals surface area contributed by atoms with Crippen LogP contribution in [0.25, 0.3) is 0 Å². The Bertz CT molecular complexity index is 485. The molecule has 2 N–H and O–H groups in total. The fraction of sp³-hybridized carbons (Fsp3) is 0.533. The number of anilines is 1. The van der Waals surface area contributed by atoms with Crippen molar-refractivity contribution < 1.29 is 4.79 Å². The molecular weight excluding hydrogens is 295 g/mol. The molecule has 1 aromatic carbocycles. The molecule has 0 heterocycles. The molecule has 3 rings (SSSR count). The molecule has 0 spiro atoms. The van der Waals surface area contributed by atoms with Gasteiger partial charge in [0.2, 0.25) is 0 Å². The van der Waals surface area contributed by atoms with Gasteiger partial charge in [0.15, 0.2) is 0 Å². The molecule has 0 atom stereocenters. The van der Waals surface area contributed by atoms with Crippen LogP contribution >= 0.6 is 24.0 Å². The maximum Gasteiger partial charge on any atom is 0.255 e. The fourth-order valence-corrected chi connectivity index (χ4v) is 2.61. The molecule has 2 saturated carbocycles. The van der Waals surface area contributed by atoms with Gasteiger partial charge in [0.25, 0.3) is 5.91 Å². The van der Waals surface area contributed by atoms with Gasteiger partial charge in [-0.1, -0.05) is 11.6 Å². The molecule has 0 bridgehead atoms. The van der Waals surface area contributed by atoms with Crippen LogP contribution in [0.4, 0.5) is 5.69 Å². The first kappa shape index (κ1) is 15.5. The Morgan fingerprint density at radius 3 is 2.20 bits per heavy atom. The lowest BCUT2D eigenvalue weighted by molar-refractivity contribution is 0.0740. The second-order valence-corrected chi connectivity index (χ2v) is 6.24. The molecule has 0 aliphatic heterocycles. The Balaban J connectivity index is 0.00000147. The number of halogens is 2. The number of nitrogens with two attached hydrogens (primary N) is 1. The third-order valence-corrected chi connectivity index (χ3v) is 4.17. The van der Waals surface area contributed by atoms with Gasteiger partial charge in [0, 0.05) is 18.8 Å². The van der Waals surface area contributed by atoms with Crippen molar-refractivity contribution in [1.29, 1.82) is 0 Å². The molecule has 0 unspecified atom stereocenters. The molecule has 1 amide bonds. The first-order valence-electron chi connectivity index (χ1n) is 6.98. The predicted octanol–water partition coefficient (Wildman–Crippen LogP) is 3.61. The summed E-state index contributed by atoms with van der Waals surface area (Å²) in [5.74, 6) is 1.47. The fourth-order valence-electron chi connectivity index (χ4n) is 2.34.